The molecule has 0 heterocycles. The van der Waals surface area contributed by atoms with E-state index in [4.69, 9.17) is 14.2 Å². The van der Waals surface area contributed by atoms with Crippen LogP contribution in [0, 0.1) is 0 Å². The Morgan fingerprint density at radius 3 is 1.25 bits per heavy atom. The molecule has 0 amide bonds. The van der Waals surface area contributed by atoms with Crippen LogP contribution < -0.4 is 0 Å². The van der Waals surface area contributed by atoms with E-state index in [1.807, 2.05) is 36.5 Å². The van der Waals surface area contributed by atoms with Gasteiger partial charge in [-0.1, -0.05) is 151 Å². The molecule has 0 bridgehead atoms. The number of rotatable bonds is 35. The molecule has 0 radical (unpaired) electrons. The van der Waals surface area contributed by atoms with E-state index in [0.717, 1.165) is 109 Å². The van der Waals surface area contributed by atoms with Gasteiger partial charge in [0.15, 0.2) is 6.10 Å². The number of carbonyl (C=O) groups is 3. The largest absolute Gasteiger partial charge is 0.462 e. The third-order valence-corrected chi connectivity index (χ3v) is 8.26. The van der Waals surface area contributed by atoms with Crippen molar-refractivity contribution in [3.63, 3.8) is 0 Å². The zero-order valence-corrected chi connectivity index (χ0v) is 32.8. The SMILES string of the molecule is CC\C=C/C=C\C=C/C=C\CCCCCC(=O)OCC(COC(=O)CCCCCC/C=C\CCCC)OC(=O)CCCCCC/C=C\CCCC. The lowest BCUT2D eigenvalue weighted by Crippen LogP contribution is -2.30. The minimum absolute atomic E-state index is 0.100. The first-order valence-electron chi connectivity index (χ1n) is 20.5. The molecule has 0 aromatic heterocycles. The number of hydrogen-bond donors (Lipinski definition) is 0. The van der Waals surface area contributed by atoms with Crippen LogP contribution in [0.15, 0.2) is 72.9 Å². The Morgan fingerprint density at radius 1 is 0.412 bits per heavy atom. The summed E-state index contributed by atoms with van der Waals surface area (Å²) in [6.45, 7) is 6.31. The van der Waals surface area contributed by atoms with Gasteiger partial charge in [-0.25, -0.2) is 0 Å². The van der Waals surface area contributed by atoms with Gasteiger partial charge in [-0.05, 0) is 77.0 Å². The molecule has 0 aliphatic heterocycles. The molecule has 0 saturated carbocycles. The fourth-order valence-electron chi connectivity index (χ4n) is 5.12. The van der Waals surface area contributed by atoms with Crippen LogP contribution in [-0.4, -0.2) is 37.2 Å². The highest BCUT2D eigenvalue weighted by Gasteiger charge is 2.19. The van der Waals surface area contributed by atoms with E-state index < -0.39 is 6.10 Å². The van der Waals surface area contributed by atoms with E-state index in [-0.39, 0.29) is 31.1 Å². The van der Waals surface area contributed by atoms with Gasteiger partial charge in [-0.2, -0.15) is 0 Å². The highest BCUT2D eigenvalue weighted by Crippen LogP contribution is 2.11. The monoisotopic (exact) mass is 711 g/mol. The van der Waals surface area contributed by atoms with Gasteiger partial charge < -0.3 is 14.2 Å². The summed E-state index contributed by atoms with van der Waals surface area (Å²) in [5, 5.41) is 0. The third-order valence-electron chi connectivity index (χ3n) is 8.26. The van der Waals surface area contributed by atoms with Crippen LogP contribution in [0.2, 0.25) is 0 Å². The molecule has 6 nitrogen and oxygen atoms in total. The number of hydrogen-bond acceptors (Lipinski definition) is 6. The van der Waals surface area contributed by atoms with Crippen molar-refractivity contribution in [2.75, 3.05) is 13.2 Å². The van der Waals surface area contributed by atoms with Crippen LogP contribution >= 0.6 is 0 Å². The second-order valence-electron chi connectivity index (χ2n) is 13.2. The molecule has 0 fully saturated rings. The highest BCUT2D eigenvalue weighted by atomic mass is 16.6. The van der Waals surface area contributed by atoms with Crippen LogP contribution in [0.4, 0.5) is 0 Å². The van der Waals surface area contributed by atoms with Gasteiger partial charge in [0, 0.05) is 19.3 Å². The number of ether oxygens (including phenoxy) is 3. The summed E-state index contributed by atoms with van der Waals surface area (Å²) in [5.41, 5.74) is 0. The fourth-order valence-corrected chi connectivity index (χ4v) is 5.12. The molecule has 0 aromatic rings. The zero-order chi connectivity index (χ0) is 37.3. The maximum Gasteiger partial charge on any atom is 0.306 e. The molecule has 1 unspecified atom stereocenters. The second kappa shape index (κ2) is 39.6. The number of esters is 3. The van der Waals surface area contributed by atoms with Crippen LogP contribution in [0.25, 0.3) is 0 Å². The first kappa shape index (κ1) is 47.8. The van der Waals surface area contributed by atoms with Crippen LogP contribution in [-0.2, 0) is 28.6 Å². The topological polar surface area (TPSA) is 78.9 Å². The standard InChI is InChI=1S/C45H74O6/c1-4-7-10-13-16-19-22-23-24-27-29-32-35-38-44(47)50-41-42(51-45(48)39-36-33-30-26-21-18-15-12-9-6-3)40-49-43(46)37-34-31-28-25-20-17-14-11-8-5-2/h7,10,13-19,22-24,42H,4-6,8-9,11-12,20-21,25-41H2,1-3H3/b10-7-,16-13-,17-14-,18-15-,22-19-,24-23-. The Balaban J connectivity index is 4.49. The number of unbranched alkanes of at least 4 members (excludes halogenated alkanes) is 15. The van der Waals surface area contributed by atoms with Gasteiger partial charge >= 0.3 is 17.9 Å². The Bertz CT molecular complexity index is 1000. The average Bonchev–Trinajstić information content (AvgIpc) is 3.12. The molecule has 0 aromatic carbocycles. The molecule has 0 N–H and O–H groups in total. The van der Waals surface area contributed by atoms with Gasteiger partial charge in [-0.15, -0.1) is 0 Å². The lowest BCUT2D eigenvalue weighted by molar-refractivity contribution is -0.167. The van der Waals surface area contributed by atoms with Crippen molar-refractivity contribution in [1.82, 2.24) is 0 Å². The van der Waals surface area contributed by atoms with E-state index in [9.17, 15) is 14.4 Å². The molecular weight excluding hydrogens is 636 g/mol. The normalized spacial score (nSPS) is 12.8. The highest BCUT2D eigenvalue weighted by molar-refractivity contribution is 5.71. The Morgan fingerprint density at radius 2 is 0.784 bits per heavy atom. The van der Waals surface area contributed by atoms with Crippen LogP contribution in [0.1, 0.15) is 175 Å². The van der Waals surface area contributed by atoms with Crippen molar-refractivity contribution in [2.24, 2.45) is 0 Å². The molecule has 1 atom stereocenters. The first-order chi connectivity index (χ1) is 25.0. The zero-order valence-electron chi connectivity index (χ0n) is 32.8. The molecule has 290 valence electrons. The third kappa shape index (κ3) is 37.9. The van der Waals surface area contributed by atoms with Crippen LogP contribution in [0.5, 0.6) is 0 Å². The summed E-state index contributed by atoms with van der Waals surface area (Å²) in [6, 6.07) is 0. The molecule has 0 aliphatic rings. The summed E-state index contributed by atoms with van der Waals surface area (Å²) >= 11 is 0. The minimum Gasteiger partial charge on any atom is -0.462 e. The van der Waals surface area contributed by atoms with Crippen molar-refractivity contribution in [3.8, 4) is 0 Å². The summed E-state index contributed by atoms with van der Waals surface area (Å²) < 4.78 is 16.6. The Hall–Kier alpha value is -3.15. The summed E-state index contributed by atoms with van der Waals surface area (Å²) in [6.07, 6.45) is 47.4. The maximum absolute atomic E-state index is 12.6. The minimum atomic E-state index is -0.797. The van der Waals surface area contributed by atoms with E-state index in [0.29, 0.717) is 19.3 Å². The van der Waals surface area contributed by atoms with Crippen molar-refractivity contribution in [3.05, 3.63) is 72.9 Å². The van der Waals surface area contributed by atoms with E-state index in [1.165, 1.54) is 25.7 Å². The first-order valence-corrected chi connectivity index (χ1v) is 20.5. The smallest absolute Gasteiger partial charge is 0.306 e. The van der Waals surface area contributed by atoms with Gasteiger partial charge in [0.2, 0.25) is 0 Å². The predicted molar refractivity (Wildman–Crippen MR) is 214 cm³/mol. The molecule has 0 saturated heterocycles. The van der Waals surface area contributed by atoms with Gasteiger partial charge in [0.1, 0.15) is 13.2 Å². The van der Waals surface area contributed by atoms with Crippen molar-refractivity contribution < 1.29 is 28.6 Å². The predicted octanol–water partition coefficient (Wildman–Crippen LogP) is 12.7. The Labute approximate surface area is 312 Å². The van der Waals surface area contributed by atoms with Crippen molar-refractivity contribution in [2.45, 2.75) is 181 Å². The van der Waals surface area contributed by atoms with Gasteiger partial charge in [0.25, 0.3) is 0 Å². The van der Waals surface area contributed by atoms with Crippen molar-refractivity contribution >= 4 is 17.9 Å². The maximum atomic E-state index is 12.6. The van der Waals surface area contributed by atoms with E-state index in [1.54, 1.807) is 0 Å². The molecule has 51 heavy (non-hydrogen) atoms. The second-order valence-corrected chi connectivity index (χ2v) is 13.2. The van der Waals surface area contributed by atoms with E-state index >= 15 is 0 Å². The lowest BCUT2D eigenvalue weighted by atomic mass is 10.1. The number of allylic oxidation sites excluding steroid dienone is 12. The fraction of sp³-hybridized carbons (Fsp3) is 0.667. The van der Waals surface area contributed by atoms with Gasteiger partial charge in [-0.3, -0.25) is 14.4 Å². The molecule has 0 spiro atoms. The quantitative estimate of drug-likeness (QED) is 0.0214. The van der Waals surface area contributed by atoms with Gasteiger partial charge in [0.05, 0.1) is 0 Å². The van der Waals surface area contributed by atoms with Crippen molar-refractivity contribution in [1.29, 1.82) is 0 Å². The molecule has 6 heteroatoms. The van der Waals surface area contributed by atoms with E-state index in [2.05, 4.69) is 57.2 Å². The summed E-state index contributed by atoms with van der Waals surface area (Å²) in [7, 11) is 0. The molecular formula is C45H74O6. The molecule has 0 rings (SSSR count). The molecule has 0 aliphatic carbocycles. The Kier molecular flexibility index (Phi) is 37.2. The number of carbonyl (C=O) groups excluding carboxylic acids is 3. The summed E-state index contributed by atoms with van der Waals surface area (Å²) in [5.74, 6) is -0.980. The lowest BCUT2D eigenvalue weighted by Gasteiger charge is -2.18. The average molecular weight is 711 g/mol. The van der Waals surface area contributed by atoms with Crippen LogP contribution in [0.3, 0.4) is 0 Å². The summed E-state index contributed by atoms with van der Waals surface area (Å²) in [4.78, 5) is 37.5.